The van der Waals surface area contributed by atoms with Crippen molar-refractivity contribution < 1.29 is 37.1 Å². The van der Waals surface area contributed by atoms with Crippen LogP contribution in [0.5, 0.6) is 5.88 Å². The molecule has 1 aromatic rings. The molecule has 0 unspecified atom stereocenters. The molecule has 3 aliphatic carbocycles. The first-order valence-electron chi connectivity index (χ1n) is 18.0. The van der Waals surface area contributed by atoms with Gasteiger partial charge in [-0.15, -0.1) is 0 Å². The highest BCUT2D eigenvalue weighted by molar-refractivity contribution is 7.91. The minimum absolute atomic E-state index is 0.0391. The number of aromatic nitrogens is 2. The normalized spacial score (nSPS) is 30.2. The molecule has 50 heavy (non-hydrogen) atoms. The number of nitrogens with one attached hydrogen (secondary N) is 3. The third kappa shape index (κ3) is 7.76. The topological polar surface area (TPSA) is 186 Å². The summed E-state index contributed by atoms with van der Waals surface area (Å²) in [6, 6.07) is -2.03. The number of carbonyl (C=O) groups excluding carboxylic acids is 4. The highest BCUT2D eigenvalue weighted by atomic mass is 32.2. The van der Waals surface area contributed by atoms with Gasteiger partial charge in [0.05, 0.1) is 17.0 Å². The number of amides is 4. The van der Waals surface area contributed by atoms with E-state index in [0.29, 0.717) is 38.0 Å². The molecule has 3 fully saturated rings. The van der Waals surface area contributed by atoms with Crippen molar-refractivity contribution in [2.24, 2.45) is 5.92 Å². The van der Waals surface area contributed by atoms with Gasteiger partial charge in [-0.05, 0) is 91.9 Å². The molecular formula is C35H50N6O8S. The Morgan fingerprint density at radius 2 is 1.82 bits per heavy atom. The van der Waals surface area contributed by atoms with Crippen molar-refractivity contribution in [1.82, 2.24) is 30.2 Å². The monoisotopic (exact) mass is 714 g/mol. The fraction of sp³-hybridized carbons (Fsp3) is 0.714. The highest BCUT2D eigenvalue weighted by Gasteiger charge is 2.63. The van der Waals surface area contributed by atoms with Crippen molar-refractivity contribution in [3.8, 4) is 5.88 Å². The van der Waals surface area contributed by atoms with E-state index >= 15 is 0 Å². The second kappa shape index (κ2) is 13.8. The van der Waals surface area contributed by atoms with Gasteiger partial charge in [0.25, 0.3) is 5.91 Å². The van der Waals surface area contributed by atoms with Gasteiger partial charge in [0, 0.05) is 17.9 Å². The average Bonchev–Trinajstić information content (AvgIpc) is 3.92. The third-order valence-corrected chi connectivity index (χ3v) is 12.7. The number of fused-ring (bicyclic) bond motifs is 3. The molecule has 6 rings (SSSR count). The fourth-order valence-electron chi connectivity index (χ4n) is 7.15. The van der Waals surface area contributed by atoms with E-state index in [9.17, 15) is 27.6 Å². The van der Waals surface area contributed by atoms with Crippen LogP contribution in [-0.4, -0.2) is 87.7 Å². The van der Waals surface area contributed by atoms with E-state index < -0.39 is 73.8 Å². The molecule has 0 spiro atoms. The Morgan fingerprint density at radius 3 is 2.56 bits per heavy atom. The number of ether oxygens (including phenoxy) is 2. The molecule has 0 aromatic carbocycles. The Hall–Kier alpha value is -3.75. The molecule has 2 saturated carbocycles. The molecule has 14 nitrogen and oxygen atoms in total. The van der Waals surface area contributed by atoms with Crippen LogP contribution in [0, 0.1) is 5.92 Å². The average molecular weight is 715 g/mol. The molecule has 0 bridgehead atoms. The highest BCUT2D eigenvalue weighted by Crippen LogP contribution is 2.47. The first-order valence-corrected chi connectivity index (χ1v) is 19.4. The Morgan fingerprint density at radius 1 is 1.06 bits per heavy atom. The lowest BCUT2D eigenvalue weighted by Gasteiger charge is -2.30. The summed E-state index contributed by atoms with van der Waals surface area (Å²) in [5, 5.41) is 5.64. The zero-order valence-electron chi connectivity index (χ0n) is 29.5. The van der Waals surface area contributed by atoms with Gasteiger partial charge >= 0.3 is 6.09 Å². The standard InChI is InChI=1S/C35H50N6O8S/c1-33(2,3)49-32(45)38-26-15-9-7-5-6-8-12-22-19-35(22,31(44)40-50(46,47)34(4)16-17-34)39-28(42)27-18-23(20-41(27)30(26)43)48-29-24-13-10-11-14-25(24)36-21-37-29/h8,12,21-23,26-27H,5-7,9-11,13-20H2,1-4H3,(H,38,45)(H,39,42)(H,40,44)/b12-8-/t22-,23-,26+,27+,35-/m1/s1. The van der Waals surface area contributed by atoms with Crippen LogP contribution in [0.2, 0.25) is 0 Å². The van der Waals surface area contributed by atoms with Crippen molar-refractivity contribution in [3.63, 3.8) is 0 Å². The minimum Gasteiger partial charge on any atom is -0.472 e. The van der Waals surface area contributed by atoms with Crippen molar-refractivity contribution in [2.75, 3.05) is 6.54 Å². The molecule has 1 saturated heterocycles. The summed E-state index contributed by atoms with van der Waals surface area (Å²) in [5.41, 5.74) is -0.414. The van der Waals surface area contributed by atoms with Crippen LogP contribution in [0.3, 0.4) is 0 Å². The summed E-state index contributed by atoms with van der Waals surface area (Å²) in [7, 11) is -3.96. The fourth-order valence-corrected chi connectivity index (χ4v) is 8.46. The van der Waals surface area contributed by atoms with E-state index in [2.05, 4.69) is 25.3 Å². The molecule has 15 heteroatoms. The summed E-state index contributed by atoms with van der Waals surface area (Å²) in [6.07, 6.45) is 12.0. The summed E-state index contributed by atoms with van der Waals surface area (Å²) < 4.78 is 39.3. The number of sulfonamides is 1. The minimum atomic E-state index is -3.96. The number of rotatable bonds is 6. The molecule has 2 aliphatic heterocycles. The van der Waals surface area contributed by atoms with Crippen molar-refractivity contribution >= 4 is 33.8 Å². The first-order chi connectivity index (χ1) is 23.6. The molecule has 0 radical (unpaired) electrons. The van der Waals surface area contributed by atoms with Gasteiger partial charge in [-0.1, -0.05) is 25.0 Å². The second-order valence-electron chi connectivity index (χ2n) is 15.7. The van der Waals surface area contributed by atoms with Crippen LogP contribution >= 0.6 is 0 Å². The van der Waals surface area contributed by atoms with Crippen LogP contribution in [-0.2, 0) is 42.0 Å². The predicted molar refractivity (Wildman–Crippen MR) is 182 cm³/mol. The van der Waals surface area contributed by atoms with Crippen LogP contribution in [0.1, 0.15) is 110 Å². The van der Waals surface area contributed by atoms with Gasteiger partial charge in [-0.25, -0.2) is 23.2 Å². The largest absolute Gasteiger partial charge is 0.472 e. The van der Waals surface area contributed by atoms with Gasteiger partial charge in [0.1, 0.15) is 35.7 Å². The lowest BCUT2D eigenvalue weighted by Crippen LogP contribution is -2.58. The number of hydrogen-bond donors (Lipinski definition) is 3. The first kappa shape index (κ1) is 36.1. The van der Waals surface area contributed by atoms with E-state index in [4.69, 9.17) is 9.47 Å². The molecule has 1 aromatic heterocycles. The Balaban J connectivity index is 1.29. The molecule has 3 N–H and O–H groups in total. The maximum Gasteiger partial charge on any atom is 0.408 e. The van der Waals surface area contributed by atoms with Gasteiger partial charge in [-0.2, -0.15) is 0 Å². The summed E-state index contributed by atoms with van der Waals surface area (Å²) >= 11 is 0. The number of alkyl carbamates (subject to hydrolysis) is 1. The number of aryl methyl sites for hydroxylation is 1. The summed E-state index contributed by atoms with van der Waals surface area (Å²) in [6.45, 7) is 6.84. The molecule has 274 valence electrons. The van der Waals surface area contributed by atoms with E-state index in [1.807, 2.05) is 12.2 Å². The van der Waals surface area contributed by atoms with E-state index in [-0.39, 0.29) is 19.4 Å². The molecule has 5 atom stereocenters. The summed E-state index contributed by atoms with van der Waals surface area (Å²) in [4.78, 5) is 65.6. The Bertz CT molecular complexity index is 1650. The van der Waals surface area contributed by atoms with Crippen molar-refractivity contribution in [2.45, 2.75) is 145 Å². The SMILES string of the molecule is CC(C)(C)OC(=O)N[C@H]1CCCCC/C=C\[C@@H]2C[C@@]2(C(=O)NS(=O)(=O)C2(C)CC2)NC(=O)[C@@H]2C[C@@H](Oc3ncnc4c3CCCC4)CN2C1=O. The zero-order chi connectivity index (χ0) is 35.9. The smallest absolute Gasteiger partial charge is 0.408 e. The predicted octanol–water partition coefficient (Wildman–Crippen LogP) is 2.99. The van der Waals surface area contributed by atoms with Crippen LogP contribution in [0.15, 0.2) is 18.5 Å². The maximum atomic E-state index is 14.4. The molecule has 5 aliphatic rings. The number of carbonyl (C=O) groups is 4. The number of allylic oxidation sites excluding steroid dienone is 1. The molecular weight excluding hydrogens is 664 g/mol. The van der Waals surface area contributed by atoms with Crippen molar-refractivity contribution in [3.05, 3.63) is 29.7 Å². The Labute approximate surface area is 294 Å². The van der Waals surface area contributed by atoms with Gasteiger partial charge in [-0.3, -0.25) is 19.1 Å². The maximum absolute atomic E-state index is 14.4. The van der Waals surface area contributed by atoms with E-state index in [1.165, 1.54) is 11.2 Å². The lowest BCUT2D eigenvalue weighted by molar-refractivity contribution is -0.141. The lowest BCUT2D eigenvalue weighted by atomic mass is 9.97. The van der Waals surface area contributed by atoms with Crippen LogP contribution in [0.25, 0.3) is 0 Å². The third-order valence-electron chi connectivity index (χ3n) is 10.5. The molecule has 3 heterocycles. The Kier molecular flexibility index (Phi) is 9.92. The van der Waals surface area contributed by atoms with E-state index in [0.717, 1.165) is 49.8 Å². The van der Waals surface area contributed by atoms with Crippen molar-refractivity contribution in [1.29, 1.82) is 0 Å². The summed E-state index contributed by atoms with van der Waals surface area (Å²) in [5.74, 6) is -1.82. The number of hydrogen-bond acceptors (Lipinski definition) is 10. The van der Waals surface area contributed by atoms with Gasteiger partial charge < -0.3 is 25.0 Å². The van der Waals surface area contributed by atoms with Gasteiger partial charge in [0.15, 0.2) is 0 Å². The second-order valence-corrected chi connectivity index (χ2v) is 17.9. The van der Waals surface area contributed by atoms with Crippen LogP contribution < -0.4 is 20.1 Å². The van der Waals surface area contributed by atoms with Gasteiger partial charge in [0.2, 0.25) is 27.7 Å². The van der Waals surface area contributed by atoms with Crippen LogP contribution in [0.4, 0.5) is 4.79 Å². The zero-order valence-corrected chi connectivity index (χ0v) is 30.3. The quantitative estimate of drug-likeness (QED) is 0.370. The molecule has 4 amide bonds. The van der Waals surface area contributed by atoms with E-state index in [1.54, 1.807) is 27.7 Å². The number of nitrogens with zero attached hydrogens (tertiary/aromatic N) is 3.